The van der Waals surface area contributed by atoms with Gasteiger partial charge in [0.05, 0.1) is 11.6 Å². The number of nitrogens with zero attached hydrogens (tertiary/aromatic N) is 5. The van der Waals surface area contributed by atoms with Crippen LogP contribution in [-0.4, -0.2) is 71.3 Å². The van der Waals surface area contributed by atoms with Gasteiger partial charge in [-0.3, -0.25) is 4.90 Å². The maximum absolute atomic E-state index is 13.0. The van der Waals surface area contributed by atoms with E-state index in [2.05, 4.69) is 10.1 Å². The van der Waals surface area contributed by atoms with Crippen LogP contribution in [-0.2, 0) is 16.4 Å². The van der Waals surface area contributed by atoms with Gasteiger partial charge >= 0.3 is 6.18 Å². The van der Waals surface area contributed by atoms with Gasteiger partial charge in [0.1, 0.15) is 0 Å². The minimum Gasteiger partial charge on any atom is -0.337 e. The molecule has 3 heterocycles. The van der Waals surface area contributed by atoms with E-state index in [1.165, 1.54) is 16.4 Å². The van der Waals surface area contributed by atoms with Gasteiger partial charge in [-0.25, -0.2) is 0 Å². The summed E-state index contributed by atoms with van der Waals surface area (Å²) in [7, 11) is -3.45. The summed E-state index contributed by atoms with van der Waals surface area (Å²) in [6.07, 6.45) is -1.61. The third-order valence-electron chi connectivity index (χ3n) is 6.04. The van der Waals surface area contributed by atoms with Crippen LogP contribution in [0.15, 0.2) is 28.8 Å². The molecule has 0 amide bonds. The van der Waals surface area contributed by atoms with Crippen LogP contribution >= 0.6 is 0 Å². The highest BCUT2D eigenvalue weighted by atomic mass is 32.2. The highest BCUT2D eigenvalue weighted by molar-refractivity contribution is 7.86. The van der Waals surface area contributed by atoms with Gasteiger partial charge in [-0.2, -0.15) is 35.2 Å². The van der Waals surface area contributed by atoms with Gasteiger partial charge < -0.3 is 4.52 Å². The second-order valence-corrected chi connectivity index (χ2v) is 10.0. The van der Waals surface area contributed by atoms with E-state index in [0.29, 0.717) is 39.3 Å². The molecular weight excluding hydrogens is 447 g/mol. The van der Waals surface area contributed by atoms with E-state index < -0.39 is 21.9 Å². The molecule has 0 spiro atoms. The molecule has 0 N–H and O–H groups in total. The van der Waals surface area contributed by atoms with Gasteiger partial charge in [-0.1, -0.05) is 23.7 Å². The van der Waals surface area contributed by atoms with Crippen LogP contribution in [0.3, 0.4) is 0 Å². The van der Waals surface area contributed by atoms with Crippen LogP contribution in [0.5, 0.6) is 0 Å². The smallest absolute Gasteiger partial charge is 0.337 e. The molecule has 2 fully saturated rings. The zero-order chi connectivity index (χ0) is 22.9. The Morgan fingerprint density at radius 2 is 1.66 bits per heavy atom. The molecule has 0 aliphatic carbocycles. The fourth-order valence-corrected chi connectivity index (χ4v) is 5.76. The molecule has 32 heavy (non-hydrogen) atoms. The van der Waals surface area contributed by atoms with Crippen molar-refractivity contribution in [3.05, 3.63) is 35.7 Å². The third-order valence-corrected chi connectivity index (χ3v) is 8.07. The molecule has 12 heteroatoms. The minimum atomic E-state index is -4.45. The Balaban J connectivity index is 1.40. The number of hydrogen-bond acceptors (Lipinski definition) is 6. The summed E-state index contributed by atoms with van der Waals surface area (Å²) in [5, 5.41) is 3.85. The maximum atomic E-state index is 13.0. The van der Waals surface area contributed by atoms with E-state index in [4.69, 9.17) is 4.52 Å². The van der Waals surface area contributed by atoms with Crippen molar-refractivity contribution in [3.63, 3.8) is 0 Å². The van der Waals surface area contributed by atoms with Gasteiger partial charge in [0.25, 0.3) is 10.2 Å². The summed E-state index contributed by atoms with van der Waals surface area (Å²) < 4.78 is 73.0. The highest BCUT2D eigenvalue weighted by Gasteiger charge is 2.35. The molecular formula is C20H26F3N5O3S. The van der Waals surface area contributed by atoms with Gasteiger partial charge in [-0.15, -0.1) is 0 Å². The molecule has 8 nitrogen and oxygen atoms in total. The molecule has 176 valence electrons. The Hall–Kier alpha value is -2.02. The Labute approximate surface area is 185 Å². The summed E-state index contributed by atoms with van der Waals surface area (Å²) >= 11 is 0. The van der Waals surface area contributed by atoms with Crippen LogP contribution in [0.2, 0.25) is 0 Å². The first-order valence-corrected chi connectivity index (χ1v) is 12.1. The summed E-state index contributed by atoms with van der Waals surface area (Å²) in [6, 6.07) is 4.49. The average Bonchev–Trinajstić information content (AvgIpc) is 3.29. The monoisotopic (exact) mass is 473 g/mol. The number of alkyl halides is 3. The number of aromatic nitrogens is 2. The van der Waals surface area contributed by atoms with Gasteiger partial charge in [-0.05, 0) is 31.9 Å². The fourth-order valence-electron chi connectivity index (χ4n) is 4.09. The highest BCUT2D eigenvalue weighted by Crippen LogP contribution is 2.32. The Bertz CT molecular complexity index is 1030. The molecule has 1 aromatic heterocycles. The van der Waals surface area contributed by atoms with Crippen LogP contribution in [0.25, 0.3) is 11.4 Å². The van der Waals surface area contributed by atoms with Crippen LogP contribution in [0.1, 0.15) is 43.7 Å². The normalized spacial score (nSPS) is 21.0. The lowest BCUT2D eigenvalue weighted by Gasteiger charge is -2.39. The first kappa shape index (κ1) is 23.1. The van der Waals surface area contributed by atoms with E-state index >= 15 is 0 Å². The molecule has 2 aliphatic rings. The van der Waals surface area contributed by atoms with Crippen molar-refractivity contribution >= 4 is 10.2 Å². The number of halogens is 3. The lowest BCUT2D eigenvalue weighted by atomic mass is 10.1. The van der Waals surface area contributed by atoms with E-state index in [1.54, 1.807) is 4.31 Å². The van der Waals surface area contributed by atoms with Crippen molar-refractivity contribution in [1.82, 2.24) is 23.7 Å². The molecule has 4 rings (SSSR count). The number of piperidine rings is 1. The number of hydrogen-bond donors (Lipinski definition) is 0. The summed E-state index contributed by atoms with van der Waals surface area (Å²) in [5.41, 5.74) is -0.556. The predicted octanol–water partition coefficient (Wildman–Crippen LogP) is 3.16. The van der Waals surface area contributed by atoms with Crippen molar-refractivity contribution in [2.45, 2.75) is 38.4 Å². The number of rotatable bonds is 5. The molecule has 2 aromatic rings. The molecule has 0 radical (unpaired) electrons. The maximum Gasteiger partial charge on any atom is 0.416 e. The lowest BCUT2D eigenvalue weighted by molar-refractivity contribution is -0.137. The number of piperazine rings is 1. The average molecular weight is 474 g/mol. The largest absolute Gasteiger partial charge is 0.416 e. The third kappa shape index (κ3) is 4.82. The van der Waals surface area contributed by atoms with E-state index in [9.17, 15) is 21.6 Å². The van der Waals surface area contributed by atoms with Gasteiger partial charge in [0.2, 0.25) is 11.7 Å². The Morgan fingerprint density at radius 1 is 1.00 bits per heavy atom. The van der Waals surface area contributed by atoms with Crippen molar-refractivity contribution < 1.29 is 26.1 Å². The predicted molar refractivity (Wildman–Crippen MR) is 111 cm³/mol. The Morgan fingerprint density at radius 3 is 2.31 bits per heavy atom. The zero-order valence-corrected chi connectivity index (χ0v) is 18.6. The van der Waals surface area contributed by atoms with Crippen molar-refractivity contribution in [2.75, 3.05) is 39.3 Å². The molecule has 2 saturated heterocycles. The molecule has 0 unspecified atom stereocenters. The van der Waals surface area contributed by atoms with Crippen LogP contribution in [0.4, 0.5) is 13.2 Å². The summed E-state index contributed by atoms with van der Waals surface area (Å²) in [4.78, 5) is 6.33. The molecule has 1 atom stereocenters. The van der Waals surface area contributed by atoms with Crippen LogP contribution in [0, 0.1) is 0 Å². The van der Waals surface area contributed by atoms with Crippen LogP contribution < -0.4 is 0 Å². The fraction of sp³-hybridized carbons (Fsp3) is 0.600. The zero-order valence-electron chi connectivity index (χ0n) is 17.8. The first-order chi connectivity index (χ1) is 15.2. The summed E-state index contributed by atoms with van der Waals surface area (Å²) in [6.45, 7) is 4.71. The summed E-state index contributed by atoms with van der Waals surface area (Å²) in [5.74, 6) is 0.369. The van der Waals surface area contributed by atoms with Crippen molar-refractivity contribution in [3.8, 4) is 11.4 Å². The Kier molecular flexibility index (Phi) is 6.57. The van der Waals surface area contributed by atoms with Crippen molar-refractivity contribution in [1.29, 1.82) is 0 Å². The molecule has 1 aromatic carbocycles. The topological polar surface area (TPSA) is 82.8 Å². The second-order valence-electron chi connectivity index (χ2n) is 8.11. The van der Waals surface area contributed by atoms with Gasteiger partial charge in [0.15, 0.2) is 0 Å². The minimum absolute atomic E-state index is 0.0873. The van der Waals surface area contributed by atoms with E-state index in [0.717, 1.165) is 31.4 Å². The second kappa shape index (κ2) is 9.08. The molecule has 0 saturated carbocycles. The SMILES string of the molecule is C[C@@H](c1nc(-c2cccc(C(F)(F)F)c2)no1)N1CCN(S(=O)(=O)N2CCCCC2)CC1. The number of benzene rings is 1. The molecule has 0 bridgehead atoms. The standard InChI is InChI=1S/C20H26F3N5O3S/c1-15(19-24-18(25-31-19)16-6-5-7-17(14-16)20(21,22)23)26-10-12-28(13-11-26)32(29,30)27-8-3-2-4-9-27/h5-7,14-15H,2-4,8-13H2,1H3/t15-/m0/s1. The van der Waals surface area contributed by atoms with Gasteiger partial charge in [0, 0.05) is 44.8 Å². The van der Waals surface area contributed by atoms with Crippen molar-refractivity contribution in [2.24, 2.45) is 0 Å². The lowest BCUT2D eigenvalue weighted by Crippen LogP contribution is -2.54. The van der Waals surface area contributed by atoms with E-state index in [1.807, 2.05) is 11.8 Å². The van der Waals surface area contributed by atoms with E-state index in [-0.39, 0.29) is 23.3 Å². The molecule has 2 aliphatic heterocycles. The first-order valence-electron chi connectivity index (χ1n) is 10.7. The quantitative estimate of drug-likeness (QED) is 0.664.